The van der Waals surface area contributed by atoms with E-state index in [2.05, 4.69) is 27.2 Å². The minimum absolute atomic E-state index is 0. The third kappa shape index (κ3) is 4.15. The third-order valence-electron chi connectivity index (χ3n) is 2.53. The van der Waals surface area contributed by atoms with Crippen LogP contribution in [0.3, 0.4) is 0 Å². The molecule has 0 amide bonds. The molecule has 0 N–H and O–H groups in total. The van der Waals surface area contributed by atoms with E-state index < -0.39 is 0 Å². The Morgan fingerprint density at radius 2 is 1.82 bits per heavy atom. The number of rotatable bonds is 0. The molecular weight excluding hydrogens is 160 g/mol. The molecule has 0 heterocycles. The molecule has 0 aliphatic heterocycles. The first kappa shape index (κ1) is 12.3. The van der Waals surface area contributed by atoms with Crippen LogP contribution in [0.25, 0.3) is 0 Å². The van der Waals surface area contributed by atoms with Gasteiger partial charge in [0.25, 0.3) is 0 Å². The van der Waals surface area contributed by atoms with Gasteiger partial charge in [0.05, 0.1) is 0 Å². The molecule has 0 nitrogen and oxygen atoms in total. The zero-order chi connectivity index (χ0) is 7.61. The van der Waals surface area contributed by atoms with E-state index in [9.17, 15) is 0 Å². The van der Waals surface area contributed by atoms with E-state index in [1.807, 2.05) is 0 Å². The molecule has 63 valence electrons. The fraction of sp³-hybridized carbons (Fsp3) is 0.900. The van der Waals surface area contributed by atoms with Crippen LogP contribution in [0.1, 0.15) is 46.5 Å². The Balaban J connectivity index is 0.000001000. The molecule has 1 aliphatic carbocycles. The van der Waals surface area contributed by atoms with E-state index in [0.29, 0.717) is 5.41 Å². The molecule has 1 radical (unpaired) electrons. The Morgan fingerprint density at radius 3 is 2.09 bits per heavy atom. The molecule has 0 aromatic heterocycles. The summed E-state index contributed by atoms with van der Waals surface area (Å²) in [4.78, 5) is 0. The van der Waals surface area contributed by atoms with E-state index in [1.54, 1.807) is 0 Å². The monoisotopic (exact) mass is 181 g/mol. The van der Waals surface area contributed by atoms with Gasteiger partial charge < -0.3 is 0 Å². The summed E-state index contributed by atoms with van der Waals surface area (Å²) in [6.45, 7) is 7.04. The van der Waals surface area contributed by atoms with Gasteiger partial charge in [-0.2, -0.15) is 0 Å². The first-order valence-corrected chi connectivity index (χ1v) is 4.44. The molecule has 1 atom stereocenters. The SMILES string of the molecule is CC(C)(C)C1[CH]CCCC1.[CaH2]. The van der Waals surface area contributed by atoms with Gasteiger partial charge in [-0.3, -0.25) is 0 Å². The van der Waals surface area contributed by atoms with Crippen LogP contribution in [0, 0.1) is 17.8 Å². The summed E-state index contributed by atoms with van der Waals surface area (Å²) in [6.07, 6.45) is 8.15. The average molecular weight is 181 g/mol. The first-order chi connectivity index (χ1) is 4.61. The molecule has 0 spiro atoms. The van der Waals surface area contributed by atoms with Crippen molar-refractivity contribution in [3.63, 3.8) is 0 Å². The molecule has 0 bridgehead atoms. The van der Waals surface area contributed by atoms with E-state index in [4.69, 9.17) is 0 Å². The summed E-state index contributed by atoms with van der Waals surface area (Å²) >= 11 is 0. The van der Waals surface area contributed by atoms with Gasteiger partial charge in [0, 0.05) is 0 Å². The number of hydrogen-bond acceptors (Lipinski definition) is 0. The van der Waals surface area contributed by atoms with E-state index in [1.165, 1.54) is 25.7 Å². The predicted molar refractivity (Wildman–Crippen MR) is 54.3 cm³/mol. The molecule has 1 saturated carbocycles. The summed E-state index contributed by atoms with van der Waals surface area (Å²) in [7, 11) is 0. The second-order valence-corrected chi connectivity index (χ2v) is 4.49. The zero-order valence-corrected chi connectivity index (χ0v) is 7.48. The van der Waals surface area contributed by atoms with Crippen molar-refractivity contribution in [1.29, 1.82) is 0 Å². The van der Waals surface area contributed by atoms with Gasteiger partial charge in [0.1, 0.15) is 0 Å². The zero-order valence-electron chi connectivity index (χ0n) is 7.48. The summed E-state index contributed by atoms with van der Waals surface area (Å²) in [5, 5.41) is 0. The number of hydrogen-bond donors (Lipinski definition) is 0. The van der Waals surface area contributed by atoms with Crippen LogP contribution in [-0.4, -0.2) is 37.7 Å². The molecule has 1 aliphatic rings. The van der Waals surface area contributed by atoms with E-state index in [0.717, 1.165) is 5.92 Å². The normalized spacial score (nSPS) is 21.0. The third-order valence-corrected chi connectivity index (χ3v) is 2.53. The molecule has 0 aromatic rings. The van der Waals surface area contributed by atoms with Gasteiger partial charge in [-0.1, -0.05) is 33.6 Å². The van der Waals surface area contributed by atoms with Crippen LogP contribution in [0.4, 0.5) is 0 Å². The Hall–Kier alpha value is 1.26. The maximum atomic E-state index is 2.52. The Kier molecular flexibility index (Phi) is 5.67. The van der Waals surface area contributed by atoms with Gasteiger partial charge >= 0.3 is 37.7 Å². The van der Waals surface area contributed by atoms with Crippen molar-refractivity contribution in [2.24, 2.45) is 11.3 Å². The Bertz CT molecular complexity index is 95.9. The van der Waals surface area contributed by atoms with Gasteiger partial charge in [-0.25, -0.2) is 0 Å². The van der Waals surface area contributed by atoms with Gasteiger partial charge in [0.15, 0.2) is 0 Å². The molecule has 1 unspecified atom stereocenters. The van der Waals surface area contributed by atoms with E-state index in [-0.39, 0.29) is 37.7 Å². The van der Waals surface area contributed by atoms with Crippen molar-refractivity contribution in [3.8, 4) is 0 Å². The quantitative estimate of drug-likeness (QED) is 0.504. The van der Waals surface area contributed by atoms with Gasteiger partial charge in [-0.05, 0) is 30.6 Å². The fourth-order valence-electron chi connectivity index (χ4n) is 1.73. The van der Waals surface area contributed by atoms with Crippen molar-refractivity contribution in [2.45, 2.75) is 46.5 Å². The standard InChI is InChI=1S/C10H19.Ca.2H/c1-10(2,3)9-7-5-4-6-8-9;;;/h7,9H,4-6,8H2,1-3H3;;;. The van der Waals surface area contributed by atoms with Crippen LogP contribution < -0.4 is 0 Å². The fourth-order valence-corrected chi connectivity index (χ4v) is 1.73. The van der Waals surface area contributed by atoms with Crippen LogP contribution in [-0.2, 0) is 0 Å². The van der Waals surface area contributed by atoms with Crippen molar-refractivity contribution >= 4 is 37.7 Å². The Morgan fingerprint density at radius 1 is 1.18 bits per heavy atom. The Labute approximate surface area is 101 Å². The molecule has 1 fully saturated rings. The van der Waals surface area contributed by atoms with Crippen LogP contribution in [0.15, 0.2) is 0 Å². The van der Waals surface area contributed by atoms with Crippen LogP contribution in [0.2, 0.25) is 0 Å². The van der Waals surface area contributed by atoms with Crippen LogP contribution in [0.5, 0.6) is 0 Å². The molecule has 1 rings (SSSR count). The second-order valence-electron chi connectivity index (χ2n) is 4.49. The average Bonchev–Trinajstić information content (AvgIpc) is 1.88. The van der Waals surface area contributed by atoms with E-state index >= 15 is 0 Å². The topological polar surface area (TPSA) is 0 Å². The first-order valence-electron chi connectivity index (χ1n) is 4.44. The van der Waals surface area contributed by atoms with Crippen molar-refractivity contribution in [1.82, 2.24) is 0 Å². The molecule has 0 aromatic carbocycles. The minimum atomic E-state index is 0. The summed E-state index contributed by atoms with van der Waals surface area (Å²) in [5.41, 5.74) is 0.514. The summed E-state index contributed by atoms with van der Waals surface area (Å²) in [5.74, 6) is 0.876. The van der Waals surface area contributed by atoms with Crippen LogP contribution >= 0.6 is 0 Å². The van der Waals surface area contributed by atoms with Gasteiger partial charge in [-0.15, -0.1) is 0 Å². The van der Waals surface area contributed by atoms with Gasteiger partial charge in [0.2, 0.25) is 0 Å². The molecule has 1 heteroatoms. The molecule has 0 saturated heterocycles. The second kappa shape index (κ2) is 5.09. The maximum absolute atomic E-state index is 2.52. The predicted octanol–water partition coefficient (Wildman–Crippen LogP) is 2.51. The van der Waals surface area contributed by atoms with Crippen molar-refractivity contribution < 1.29 is 0 Å². The van der Waals surface area contributed by atoms with Crippen molar-refractivity contribution in [3.05, 3.63) is 6.42 Å². The molecular formula is C10H21Ca. The molecule has 11 heavy (non-hydrogen) atoms. The van der Waals surface area contributed by atoms with Crippen molar-refractivity contribution in [2.75, 3.05) is 0 Å². The summed E-state index contributed by atoms with van der Waals surface area (Å²) in [6, 6.07) is 0. The summed E-state index contributed by atoms with van der Waals surface area (Å²) < 4.78 is 0.